The number of hydrogen-bond acceptors (Lipinski definition) is 5. The highest BCUT2D eigenvalue weighted by atomic mass is 19.4. The smallest absolute Gasteiger partial charge is 0.352 e. The number of nitrogens with zero attached hydrogens (tertiary/aromatic N) is 4. The predicted molar refractivity (Wildman–Crippen MR) is 96.7 cm³/mol. The number of amidine groups is 1. The molecule has 0 aromatic heterocycles. The molecule has 9 heteroatoms. The van der Waals surface area contributed by atoms with Crippen molar-refractivity contribution in [3.63, 3.8) is 0 Å². The molecule has 1 atom stereocenters. The second-order valence-corrected chi connectivity index (χ2v) is 7.14. The van der Waals surface area contributed by atoms with Gasteiger partial charge in [-0.15, -0.1) is 0 Å². The molecule has 0 bridgehead atoms. The second kappa shape index (κ2) is 7.46. The van der Waals surface area contributed by atoms with E-state index in [4.69, 9.17) is 5.84 Å². The number of benzene rings is 1. The number of aryl methyl sites for hydroxylation is 1. The highest BCUT2D eigenvalue weighted by Gasteiger charge is 2.36. The number of hydrogen-bond donors (Lipinski definition) is 1. The number of alkyl halides is 3. The number of hydrazone groups is 1. The summed E-state index contributed by atoms with van der Waals surface area (Å²) in [6, 6.07) is 1.76. The van der Waals surface area contributed by atoms with Gasteiger partial charge in [-0.1, -0.05) is 6.92 Å². The molecule has 1 aromatic carbocycles. The van der Waals surface area contributed by atoms with Crippen molar-refractivity contribution >= 4 is 17.2 Å². The molecule has 27 heavy (non-hydrogen) atoms. The molecule has 0 saturated carbocycles. The van der Waals surface area contributed by atoms with Crippen molar-refractivity contribution in [1.82, 2.24) is 9.80 Å². The van der Waals surface area contributed by atoms with Gasteiger partial charge in [-0.25, -0.2) is 9.38 Å². The van der Waals surface area contributed by atoms with Gasteiger partial charge in [0, 0.05) is 38.2 Å². The van der Waals surface area contributed by atoms with Crippen molar-refractivity contribution in [2.24, 2.45) is 21.9 Å². The lowest BCUT2D eigenvalue weighted by molar-refractivity contribution is -0.140. The van der Waals surface area contributed by atoms with Gasteiger partial charge in [0.25, 0.3) is 0 Å². The molecule has 2 heterocycles. The summed E-state index contributed by atoms with van der Waals surface area (Å²) in [7, 11) is 2.02. The zero-order valence-corrected chi connectivity index (χ0v) is 15.4. The lowest BCUT2D eigenvalue weighted by atomic mass is 9.92. The molecule has 2 N–H and O–H groups in total. The van der Waals surface area contributed by atoms with Gasteiger partial charge in [0.2, 0.25) is 0 Å². The van der Waals surface area contributed by atoms with E-state index in [1.165, 1.54) is 0 Å². The summed E-state index contributed by atoms with van der Waals surface area (Å²) in [6.07, 6.45) is -3.84. The first-order valence-corrected chi connectivity index (χ1v) is 8.90. The third-order valence-corrected chi connectivity index (χ3v) is 5.18. The number of likely N-dealkylation sites (N-methyl/N-ethyl adjacent to an activating group) is 1. The molecular weight excluding hydrogens is 362 g/mol. The molecule has 1 fully saturated rings. The Bertz CT molecular complexity index is 764. The number of fused-ring (bicyclic) bond motifs is 1. The molecule has 5 nitrogen and oxygen atoms in total. The fourth-order valence-corrected chi connectivity index (χ4v) is 3.47. The quantitative estimate of drug-likeness (QED) is 0.424. The Hall–Kier alpha value is -2.16. The molecule has 1 saturated heterocycles. The van der Waals surface area contributed by atoms with Gasteiger partial charge < -0.3 is 15.6 Å². The van der Waals surface area contributed by atoms with E-state index in [9.17, 15) is 17.6 Å². The van der Waals surface area contributed by atoms with Crippen LogP contribution in [-0.2, 0) is 12.6 Å². The van der Waals surface area contributed by atoms with Crippen molar-refractivity contribution in [3.8, 4) is 0 Å². The summed E-state index contributed by atoms with van der Waals surface area (Å²) in [5.74, 6) is 4.76. The van der Waals surface area contributed by atoms with Gasteiger partial charge in [0.1, 0.15) is 11.5 Å². The third-order valence-electron chi connectivity index (χ3n) is 5.18. The van der Waals surface area contributed by atoms with Gasteiger partial charge in [0.05, 0.1) is 11.3 Å². The first-order valence-electron chi connectivity index (χ1n) is 8.90. The number of aliphatic imine (C=N–C) groups is 1. The average molecular weight is 385 g/mol. The molecule has 148 valence electrons. The molecule has 3 rings (SSSR count). The standard InChI is InChI=1S/C18H23F4N5/c1-11-3-4-12-9-13(18(20,21)22)14(19)10-15(12)24-17(16(11)25-23)27-7-5-26(2)6-8-27/h9-11H,3-8,23H2,1-2H3/b24-17?,25-16+. The van der Waals surface area contributed by atoms with Crippen molar-refractivity contribution in [2.45, 2.75) is 25.9 Å². The van der Waals surface area contributed by atoms with Crippen LogP contribution in [0.15, 0.2) is 22.2 Å². The van der Waals surface area contributed by atoms with Crippen LogP contribution in [0.4, 0.5) is 23.2 Å². The predicted octanol–water partition coefficient (Wildman–Crippen LogP) is 3.02. The van der Waals surface area contributed by atoms with Crippen LogP contribution < -0.4 is 5.84 Å². The van der Waals surface area contributed by atoms with Crippen molar-refractivity contribution in [3.05, 3.63) is 29.1 Å². The van der Waals surface area contributed by atoms with E-state index in [2.05, 4.69) is 15.0 Å². The van der Waals surface area contributed by atoms with Crippen LogP contribution in [0.3, 0.4) is 0 Å². The van der Waals surface area contributed by atoms with E-state index in [0.29, 0.717) is 43.0 Å². The van der Waals surface area contributed by atoms with E-state index >= 15 is 0 Å². The topological polar surface area (TPSA) is 57.2 Å². The molecule has 2 aliphatic heterocycles. The molecule has 0 amide bonds. The summed E-state index contributed by atoms with van der Waals surface area (Å²) in [6.45, 7) is 4.95. The Balaban J connectivity index is 2.10. The monoisotopic (exact) mass is 385 g/mol. The van der Waals surface area contributed by atoms with Crippen LogP contribution in [-0.4, -0.2) is 54.6 Å². The average Bonchev–Trinajstić information content (AvgIpc) is 2.59. The Morgan fingerprint density at radius 2 is 1.85 bits per heavy atom. The normalized spacial score (nSPS) is 23.6. The van der Waals surface area contributed by atoms with Crippen LogP contribution in [0, 0.1) is 11.7 Å². The van der Waals surface area contributed by atoms with Crippen LogP contribution >= 0.6 is 0 Å². The minimum atomic E-state index is -4.74. The number of piperazine rings is 1. The Morgan fingerprint density at radius 3 is 2.44 bits per heavy atom. The molecule has 1 unspecified atom stereocenters. The molecule has 0 radical (unpaired) electrons. The fraction of sp³-hybridized carbons (Fsp3) is 0.556. The summed E-state index contributed by atoms with van der Waals surface area (Å²) in [4.78, 5) is 8.73. The number of rotatable bonds is 0. The fourth-order valence-electron chi connectivity index (χ4n) is 3.47. The summed E-state index contributed by atoms with van der Waals surface area (Å²) in [5, 5.41) is 3.91. The zero-order valence-electron chi connectivity index (χ0n) is 15.4. The SMILES string of the molecule is CC1CCc2cc(C(F)(F)F)c(F)cc2N=C(N2CCN(C)CC2)/C1=N/N. The number of halogens is 4. The number of nitrogens with two attached hydrogens (primary N) is 1. The van der Waals surface area contributed by atoms with Crippen LogP contribution in [0.25, 0.3) is 0 Å². The van der Waals surface area contributed by atoms with E-state index in [0.717, 1.165) is 25.2 Å². The molecule has 2 aliphatic rings. The van der Waals surface area contributed by atoms with Crippen molar-refractivity contribution in [1.29, 1.82) is 0 Å². The highest BCUT2D eigenvalue weighted by molar-refractivity contribution is 6.42. The minimum Gasteiger partial charge on any atom is -0.352 e. The maximum absolute atomic E-state index is 14.1. The van der Waals surface area contributed by atoms with Crippen LogP contribution in [0.2, 0.25) is 0 Å². The summed E-state index contributed by atoms with van der Waals surface area (Å²) < 4.78 is 53.3. The lowest BCUT2D eigenvalue weighted by Crippen LogP contribution is -2.50. The molecule has 0 aliphatic carbocycles. The largest absolute Gasteiger partial charge is 0.419 e. The molecule has 0 spiro atoms. The summed E-state index contributed by atoms with van der Waals surface area (Å²) in [5.41, 5.74) is -0.0511. The lowest BCUT2D eigenvalue weighted by Gasteiger charge is -2.36. The van der Waals surface area contributed by atoms with Gasteiger partial charge in [-0.2, -0.15) is 18.3 Å². The van der Waals surface area contributed by atoms with Gasteiger partial charge in [-0.3, -0.25) is 0 Å². The highest BCUT2D eigenvalue weighted by Crippen LogP contribution is 2.37. The van der Waals surface area contributed by atoms with Gasteiger partial charge >= 0.3 is 6.18 Å². The van der Waals surface area contributed by atoms with Gasteiger partial charge in [0.15, 0.2) is 5.84 Å². The maximum atomic E-state index is 14.1. The zero-order chi connectivity index (χ0) is 19.8. The Kier molecular flexibility index (Phi) is 5.41. The van der Waals surface area contributed by atoms with Crippen molar-refractivity contribution in [2.75, 3.05) is 33.2 Å². The Morgan fingerprint density at radius 1 is 1.19 bits per heavy atom. The second-order valence-electron chi connectivity index (χ2n) is 7.14. The molecular formula is C18H23F4N5. The first kappa shape index (κ1) is 19.6. The summed E-state index contributed by atoms with van der Waals surface area (Å²) >= 11 is 0. The van der Waals surface area contributed by atoms with E-state index in [1.807, 2.05) is 18.9 Å². The maximum Gasteiger partial charge on any atom is 0.419 e. The van der Waals surface area contributed by atoms with Crippen LogP contribution in [0.5, 0.6) is 0 Å². The molecule has 1 aromatic rings. The Labute approximate surface area is 155 Å². The third kappa shape index (κ3) is 4.07. The van der Waals surface area contributed by atoms with Crippen LogP contribution in [0.1, 0.15) is 24.5 Å². The minimum absolute atomic E-state index is 0.0686. The van der Waals surface area contributed by atoms with E-state index in [-0.39, 0.29) is 11.6 Å². The van der Waals surface area contributed by atoms with E-state index < -0.39 is 17.6 Å². The van der Waals surface area contributed by atoms with Gasteiger partial charge in [-0.05, 0) is 31.5 Å². The first-order chi connectivity index (χ1) is 12.7. The van der Waals surface area contributed by atoms with E-state index in [1.54, 1.807) is 0 Å². The van der Waals surface area contributed by atoms with Crippen molar-refractivity contribution < 1.29 is 17.6 Å².